The Hall–Kier alpha value is -4.15. The summed E-state index contributed by atoms with van der Waals surface area (Å²) in [6, 6.07) is 10.6. The normalized spacial score (nSPS) is 16.8. The highest BCUT2D eigenvalue weighted by Crippen LogP contribution is 2.43. The molecule has 4 aromatic rings. The lowest BCUT2D eigenvalue weighted by Gasteiger charge is -2.25. The summed E-state index contributed by atoms with van der Waals surface area (Å²) < 4.78 is 0. The van der Waals surface area contributed by atoms with E-state index in [-0.39, 0.29) is 42.3 Å². The quantitative estimate of drug-likeness (QED) is 0.292. The first-order valence-electron chi connectivity index (χ1n) is 12.5. The lowest BCUT2D eigenvalue weighted by Crippen LogP contribution is -2.15. The van der Waals surface area contributed by atoms with Crippen molar-refractivity contribution in [2.45, 2.75) is 57.3 Å². The molecule has 0 aromatic carbocycles. The highest BCUT2D eigenvalue weighted by atomic mass is 32.1. The number of anilines is 2. The van der Waals surface area contributed by atoms with Crippen molar-refractivity contribution in [3.63, 3.8) is 0 Å². The van der Waals surface area contributed by atoms with Gasteiger partial charge in [-0.3, -0.25) is 14.6 Å². The molecule has 1 aliphatic carbocycles. The molecule has 1 fully saturated rings. The van der Waals surface area contributed by atoms with Gasteiger partial charge in [0, 0.05) is 23.2 Å². The van der Waals surface area contributed by atoms with Crippen molar-refractivity contribution in [3.05, 3.63) is 74.9 Å². The number of carbonyl (C=O) groups is 2. The molecule has 0 aliphatic heterocycles. The minimum Gasteiger partial charge on any atom is -0.361 e. The Morgan fingerprint density at radius 3 is 2.00 bits per heavy atom. The van der Waals surface area contributed by atoms with E-state index in [1.165, 1.54) is 22.7 Å². The van der Waals surface area contributed by atoms with Crippen LogP contribution in [-0.4, -0.2) is 42.2 Å². The molecule has 0 saturated heterocycles. The van der Waals surface area contributed by atoms with Crippen LogP contribution in [0, 0.1) is 13.5 Å². The van der Waals surface area contributed by atoms with E-state index in [0.29, 0.717) is 21.7 Å². The maximum absolute atomic E-state index is 12.5. The molecule has 13 heteroatoms. The number of rotatable bonds is 8. The van der Waals surface area contributed by atoms with Crippen LogP contribution in [0.4, 0.5) is 16.1 Å². The third-order valence-electron chi connectivity index (χ3n) is 6.28. The average Bonchev–Trinajstić information content (AvgIpc) is 3.59. The van der Waals surface area contributed by atoms with Gasteiger partial charge in [-0.05, 0) is 50.5 Å². The van der Waals surface area contributed by atoms with Crippen molar-refractivity contribution in [1.82, 2.24) is 30.4 Å². The molecule has 0 unspecified atom stereocenters. The van der Waals surface area contributed by atoms with E-state index in [1.54, 1.807) is 18.2 Å². The Labute approximate surface area is 233 Å². The largest absolute Gasteiger partial charge is 0.361 e. The second-order valence-corrected chi connectivity index (χ2v) is 11.3. The SMILES string of the molecule is [C-]#[N+]c1cccc(CC(=O)Nc2nnc([C@H]3CCC[C@H](c4nnc(NC(=O)Cc5cccc(C)n5)s4)C3)s2)n1. The predicted octanol–water partition coefficient (Wildman–Crippen LogP) is 4.84. The molecule has 198 valence electrons. The number of carbonyl (C=O) groups excluding carboxylic acids is 2. The van der Waals surface area contributed by atoms with Crippen LogP contribution in [0.15, 0.2) is 36.4 Å². The highest BCUT2D eigenvalue weighted by Gasteiger charge is 2.29. The van der Waals surface area contributed by atoms with Crippen LogP contribution in [0.1, 0.15) is 64.6 Å². The van der Waals surface area contributed by atoms with Gasteiger partial charge in [0.05, 0.1) is 12.8 Å². The molecule has 2 N–H and O–H groups in total. The summed E-state index contributed by atoms with van der Waals surface area (Å²) in [5.41, 5.74) is 2.11. The average molecular weight is 560 g/mol. The third-order valence-corrected chi connectivity index (χ3v) is 8.28. The molecule has 11 nitrogen and oxygen atoms in total. The van der Waals surface area contributed by atoms with E-state index in [0.717, 1.165) is 41.4 Å². The van der Waals surface area contributed by atoms with Gasteiger partial charge in [-0.15, -0.1) is 25.4 Å². The van der Waals surface area contributed by atoms with Gasteiger partial charge in [-0.25, -0.2) is 0 Å². The lowest BCUT2D eigenvalue weighted by atomic mass is 9.82. The molecule has 1 aliphatic rings. The van der Waals surface area contributed by atoms with E-state index in [4.69, 9.17) is 6.57 Å². The van der Waals surface area contributed by atoms with E-state index >= 15 is 0 Å². The minimum absolute atomic E-state index is 0.0567. The Bertz CT molecular complexity index is 1530. The van der Waals surface area contributed by atoms with Crippen LogP contribution in [0.5, 0.6) is 0 Å². The fraction of sp³-hybridized carbons (Fsp3) is 0.346. The third kappa shape index (κ3) is 7.04. The highest BCUT2D eigenvalue weighted by molar-refractivity contribution is 7.15. The molecule has 0 spiro atoms. The Balaban J connectivity index is 1.15. The molecule has 4 aromatic heterocycles. The lowest BCUT2D eigenvalue weighted by molar-refractivity contribution is -0.116. The van der Waals surface area contributed by atoms with E-state index in [9.17, 15) is 9.59 Å². The maximum Gasteiger partial charge on any atom is 0.269 e. The van der Waals surface area contributed by atoms with E-state index in [2.05, 4.69) is 45.8 Å². The topological polar surface area (TPSA) is 140 Å². The van der Waals surface area contributed by atoms with Crippen LogP contribution in [0.2, 0.25) is 0 Å². The predicted molar refractivity (Wildman–Crippen MR) is 148 cm³/mol. The fourth-order valence-electron chi connectivity index (χ4n) is 4.52. The van der Waals surface area contributed by atoms with Crippen molar-refractivity contribution in [3.8, 4) is 0 Å². The Morgan fingerprint density at radius 2 is 1.44 bits per heavy atom. The molecule has 39 heavy (non-hydrogen) atoms. The maximum atomic E-state index is 12.5. The van der Waals surface area contributed by atoms with Crippen molar-refractivity contribution < 1.29 is 9.59 Å². The number of nitrogens with zero attached hydrogens (tertiary/aromatic N) is 7. The standard InChI is InChI=1S/C26H25N9O2S2/c1-15-6-3-9-18(28-15)13-21(36)30-25-34-32-23(38-25)16-7-4-8-17(12-16)24-33-35-26(39-24)31-22(37)14-19-10-5-11-20(27-2)29-19/h3,5-6,9-11,16-17H,4,7-8,12-14H2,1H3,(H,30,34,36)(H,31,35,37)/t16-,17-/m0/s1. The minimum atomic E-state index is -0.254. The Morgan fingerprint density at radius 1 is 0.872 bits per heavy atom. The first-order chi connectivity index (χ1) is 18.9. The van der Waals surface area contributed by atoms with Crippen molar-refractivity contribution >= 4 is 50.6 Å². The number of hydrogen-bond donors (Lipinski definition) is 2. The zero-order chi connectivity index (χ0) is 27.2. The van der Waals surface area contributed by atoms with Gasteiger partial charge in [0.25, 0.3) is 5.82 Å². The van der Waals surface area contributed by atoms with Crippen LogP contribution in [-0.2, 0) is 22.4 Å². The summed E-state index contributed by atoms with van der Waals surface area (Å²) in [6.45, 7) is 8.96. The molecular formula is C26H25N9O2S2. The van der Waals surface area contributed by atoms with Gasteiger partial charge in [0.2, 0.25) is 22.1 Å². The molecule has 2 amide bonds. The van der Waals surface area contributed by atoms with Gasteiger partial charge >= 0.3 is 0 Å². The second-order valence-electron chi connectivity index (χ2n) is 9.27. The number of aryl methyl sites for hydroxylation is 1. The number of amides is 2. The first kappa shape index (κ1) is 26.5. The molecule has 5 rings (SSSR count). The summed E-state index contributed by atoms with van der Waals surface area (Å²) in [4.78, 5) is 36.7. The van der Waals surface area contributed by atoms with Crippen molar-refractivity contribution in [2.75, 3.05) is 10.6 Å². The smallest absolute Gasteiger partial charge is 0.269 e. The van der Waals surface area contributed by atoms with Gasteiger partial charge < -0.3 is 15.5 Å². The number of aromatic nitrogens is 6. The summed E-state index contributed by atoms with van der Waals surface area (Å²) in [5.74, 6) is 0.257. The monoisotopic (exact) mass is 559 g/mol. The molecule has 2 atom stereocenters. The van der Waals surface area contributed by atoms with Crippen molar-refractivity contribution in [2.24, 2.45) is 0 Å². The number of hydrogen-bond acceptors (Lipinski definition) is 10. The summed E-state index contributed by atoms with van der Waals surface area (Å²) >= 11 is 2.79. The Kier molecular flexibility index (Phi) is 8.24. The van der Waals surface area contributed by atoms with E-state index in [1.807, 2.05) is 25.1 Å². The number of pyridine rings is 2. The molecule has 1 saturated carbocycles. The van der Waals surface area contributed by atoms with Crippen LogP contribution in [0.25, 0.3) is 4.85 Å². The fourth-order valence-corrected chi connectivity index (χ4v) is 6.33. The summed E-state index contributed by atoms with van der Waals surface area (Å²) in [7, 11) is 0. The van der Waals surface area contributed by atoms with Gasteiger partial charge in [0.15, 0.2) is 0 Å². The van der Waals surface area contributed by atoms with Crippen LogP contribution < -0.4 is 10.6 Å². The second kappa shape index (κ2) is 12.1. The van der Waals surface area contributed by atoms with Crippen LogP contribution >= 0.6 is 22.7 Å². The zero-order valence-corrected chi connectivity index (χ0v) is 22.8. The zero-order valence-electron chi connectivity index (χ0n) is 21.1. The van der Waals surface area contributed by atoms with Gasteiger partial charge in [0.1, 0.15) is 15.7 Å². The van der Waals surface area contributed by atoms with E-state index < -0.39 is 0 Å². The van der Waals surface area contributed by atoms with Crippen LogP contribution in [0.3, 0.4) is 0 Å². The molecule has 4 heterocycles. The summed E-state index contributed by atoms with van der Waals surface area (Å²) in [5, 5.41) is 25.4. The molecule has 0 bridgehead atoms. The summed E-state index contributed by atoms with van der Waals surface area (Å²) in [6.07, 6.45) is 4.08. The van der Waals surface area contributed by atoms with Gasteiger partial charge in [-0.2, -0.15) is 0 Å². The van der Waals surface area contributed by atoms with Gasteiger partial charge in [-0.1, -0.05) is 47.8 Å². The van der Waals surface area contributed by atoms with Crippen molar-refractivity contribution in [1.29, 1.82) is 0 Å². The first-order valence-corrected chi connectivity index (χ1v) is 14.1. The molecular weight excluding hydrogens is 534 g/mol. The number of nitrogens with one attached hydrogen (secondary N) is 2. The molecule has 0 radical (unpaired) electrons.